The van der Waals surface area contributed by atoms with Crippen molar-refractivity contribution in [2.24, 2.45) is 5.10 Å². The van der Waals surface area contributed by atoms with Gasteiger partial charge < -0.3 is 29.3 Å². The molecule has 1 fully saturated rings. The highest BCUT2D eigenvalue weighted by atomic mass is 32.1. The normalized spacial score (nSPS) is 14.1. The Kier molecular flexibility index (Phi) is 10.3. The average molecular weight is 603 g/mol. The second kappa shape index (κ2) is 14.7. The standard InChI is InChI=1S/C32H35FN6O3S/c1-38-14-16-39(17-15-38)13-6-18-41-31-21-27-25(20-30(31)40-2)28(11-12-34-27)42-29-10-9-24(19-26(29)33)36-32(43)37-35-22-23-7-4-3-5-8-23/h3-5,7-12,19-22H,6,13-18H2,1-2H3,(H2,36,37,43)/b35-22+. The number of piperazine rings is 1. The molecule has 1 saturated heterocycles. The van der Waals surface area contributed by atoms with E-state index in [0.29, 0.717) is 40.4 Å². The van der Waals surface area contributed by atoms with Gasteiger partial charge in [-0.1, -0.05) is 30.3 Å². The summed E-state index contributed by atoms with van der Waals surface area (Å²) in [4.78, 5) is 9.28. The van der Waals surface area contributed by atoms with Crippen LogP contribution in [0.1, 0.15) is 12.0 Å². The Bertz CT molecular complexity index is 1560. The molecule has 0 aliphatic carbocycles. The van der Waals surface area contributed by atoms with Crippen LogP contribution in [0, 0.1) is 5.82 Å². The van der Waals surface area contributed by atoms with Crippen molar-refractivity contribution in [2.75, 3.05) is 58.8 Å². The van der Waals surface area contributed by atoms with Crippen LogP contribution in [0.3, 0.4) is 0 Å². The number of ether oxygens (including phenoxy) is 3. The van der Waals surface area contributed by atoms with Crippen molar-refractivity contribution in [1.29, 1.82) is 0 Å². The number of hydrogen-bond acceptors (Lipinski definition) is 8. The second-order valence-corrected chi connectivity index (χ2v) is 10.6. The number of likely N-dealkylation sites (N-methyl/N-ethyl adjacent to an activating group) is 1. The number of thiocarbonyl (C=S) groups is 1. The van der Waals surface area contributed by atoms with Crippen LogP contribution in [0.5, 0.6) is 23.0 Å². The molecule has 0 amide bonds. The number of methoxy groups -OCH3 is 1. The number of nitrogens with zero attached hydrogens (tertiary/aromatic N) is 4. The van der Waals surface area contributed by atoms with Gasteiger partial charge in [0, 0.05) is 62.1 Å². The molecule has 2 heterocycles. The van der Waals surface area contributed by atoms with Gasteiger partial charge in [0.25, 0.3) is 0 Å². The minimum absolute atomic E-state index is 0.0576. The third-order valence-electron chi connectivity index (χ3n) is 7.05. The molecule has 5 rings (SSSR count). The number of benzene rings is 3. The van der Waals surface area contributed by atoms with Gasteiger partial charge in [0.2, 0.25) is 0 Å². The van der Waals surface area contributed by atoms with Gasteiger partial charge >= 0.3 is 0 Å². The van der Waals surface area contributed by atoms with E-state index in [2.05, 4.69) is 37.7 Å². The molecule has 0 radical (unpaired) electrons. The summed E-state index contributed by atoms with van der Waals surface area (Å²) in [6.45, 7) is 5.90. The summed E-state index contributed by atoms with van der Waals surface area (Å²) in [5, 5.41) is 7.92. The lowest BCUT2D eigenvalue weighted by atomic mass is 10.1. The van der Waals surface area contributed by atoms with E-state index in [1.807, 2.05) is 36.4 Å². The predicted octanol–water partition coefficient (Wildman–Crippen LogP) is 5.51. The lowest BCUT2D eigenvalue weighted by Crippen LogP contribution is -2.44. The fraction of sp³-hybridized carbons (Fsp3) is 0.281. The molecule has 3 aromatic carbocycles. The Balaban J connectivity index is 1.20. The van der Waals surface area contributed by atoms with Crippen molar-refractivity contribution in [3.63, 3.8) is 0 Å². The van der Waals surface area contributed by atoms with E-state index in [9.17, 15) is 0 Å². The molecule has 1 aliphatic rings. The average Bonchev–Trinajstić information content (AvgIpc) is 3.01. The third kappa shape index (κ3) is 8.38. The maximum atomic E-state index is 15.1. The summed E-state index contributed by atoms with van der Waals surface area (Å²) in [6.07, 6.45) is 4.17. The van der Waals surface area contributed by atoms with E-state index in [1.54, 1.807) is 37.7 Å². The number of hydrazone groups is 1. The molecule has 0 saturated carbocycles. The highest BCUT2D eigenvalue weighted by Gasteiger charge is 2.16. The molecule has 0 bridgehead atoms. The predicted molar refractivity (Wildman–Crippen MR) is 172 cm³/mol. The third-order valence-corrected chi connectivity index (χ3v) is 7.24. The Morgan fingerprint density at radius 3 is 2.58 bits per heavy atom. The monoisotopic (exact) mass is 602 g/mol. The second-order valence-electron chi connectivity index (χ2n) is 10.2. The Morgan fingerprint density at radius 2 is 1.81 bits per heavy atom. The van der Waals surface area contributed by atoms with Crippen LogP contribution >= 0.6 is 12.2 Å². The van der Waals surface area contributed by atoms with Crippen molar-refractivity contribution in [1.82, 2.24) is 20.2 Å². The first-order valence-corrected chi connectivity index (χ1v) is 14.5. The molecule has 2 N–H and O–H groups in total. The lowest BCUT2D eigenvalue weighted by Gasteiger charge is -2.32. The summed E-state index contributed by atoms with van der Waals surface area (Å²) in [5.41, 5.74) is 4.75. The van der Waals surface area contributed by atoms with Crippen LogP contribution < -0.4 is 25.0 Å². The Hall–Kier alpha value is -4.32. The molecule has 0 spiro atoms. The molecular weight excluding hydrogens is 567 g/mol. The first kappa shape index (κ1) is 30.1. The number of nitrogens with one attached hydrogen (secondary N) is 2. The van der Waals surface area contributed by atoms with E-state index in [1.165, 1.54) is 12.1 Å². The molecule has 0 atom stereocenters. The van der Waals surface area contributed by atoms with E-state index in [4.69, 9.17) is 26.4 Å². The highest BCUT2D eigenvalue weighted by molar-refractivity contribution is 7.80. The molecule has 1 aromatic heterocycles. The molecular formula is C32H35FN6O3S. The molecule has 9 nitrogen and oxygen atoms in total. The van der Waals surface area contributed by atoms with Gasteiger partial charge in [-0.3, -0.25) is 10.4 Å². The Labute approximate surface area is 256 Å². The molecule has 1 aliphatic heterocycles. The summed E-state index contributed by atoms with van der Waals surface area (Å²) in [5.74, 6) is 1.11. The number of aromatic nitrogens is 1. The molecule has 4 aromatic rings. The van der Waals surface area contributed by atoms with Crippen molar-refractivity contribution < 1.29 is 18.6 Å². The topological polar surface area (TPSA) is 83.5 Å². The fourth-order valence-corrected chi connectivity index (χ4v) is 4.85. The lowest BCUT2D eigenvalue weighted by molar-refractivity contribution is 0.145. The first-order chi connectivity index (χ1) is 21.0. The van der Waals surface area contributed by atoms with E-state index >= 15 is 4.39 Å². The van der Waals surface area contributed by atoms with E-state index in [-0.39, 0.29) is 10.9 Å². The molecule has 0 unspecified atom stereocenters. The van der Waals surface area contributed by atoms with Gasteiger partial charge in [-0.05, 0) is 55.5 Å². The molecule has 11 heteroatoms. The number of anilines is 1. The smallest absolute Gasteiger partial charge is 0.191 e. The van der Waals surface area contributed by atoms with Crippen molar-refractivity contribution in [2.45, 2.75) is 6.42 Å². The Morgan fingerprint density at radius 1 is 1.00 bits per heavy atom. The molecule has 43 heavy (non-hydrogen) atoms. The van der Waals surface area contributed by atoms with Crippen LogP contribution in [0.25, 0.3) is 10.9 Å². The maximum absolute atomic E-state index is 15.1. The van der Waals surface area contributed by atoms with Crippen LogP contribution in [0.4, 0.5) is 10.1 Å². The highest BCUT2D eigenvalue weighted by Crippen LogP contribution is 2.38. The fourth-order valence-electron chi connectivity index (χ4n) is 4.67. The van der Waals surface area contributed by atoms with Crippen LogP contribution in [0.2, 0.25) is 0 Å². The molecule has 224 valence electrons. The van der Waals surface area contributed by atoms with E-state index in [0.717, 1.165) is 44.7 Å². The van der Waals surface area contributed by atoms with Gasteiger partial charge in [-0.2, -0.15) is 5.10 Å². The van der Waals surface area contributed by atoms with Gasteiger partial charge in [0.15, 0.2) is 28.2 Å². The zero-order chi connectivity index (χ0) is 30.0. The minimum Gasteiger partial charge on any atom is -0.493 e. The van der Waals surface area contributed by atoms with Gasteiger partial charge in [0.1, 0.15) is 5.75 Å². The quantitative estimate of drug-likeness (QED) is 0.0999. The van der Waals surface area contributed by atoms with E-state index < -0.39 is 5.82 Å². The number of fused-ring (bicyclic) bond motifs is 1. The van der Waals surface area contributed by atoms with Crippen LogP contribution in [-0.2, 0) is 0 Å². The zero-order valence-electron chi connectivity index (χ0n) is 24.3. The summed E-state index contributed by atoms with van der Waals surface area (Å²) in [6, 6.07) is 19.4. The minimum atomic E-state index is -0.558. The van der Waals surface area contributed by atoms with Gasteiger partial charge in [-0.25, -0.2) is 4.39 Å². The first-order valence-electron chi connectivity index (χ1n) is 14.1. The van der Waals surface area contributed by atoms with Gasteiger partial charge in [0.05, 0.1) is 25.4 Å². The SMILES string of the molecule is COc1cc2c(Oc3ccc(NC(=S)N/N=C/c4ccccc4)cc3F)ccnc2cc1OCCCN1CCN(C)CC1. The van der Waals surface area contributed by atoms with Crippen molar-refractivity contribution >= 4 is 40.1 Å². The maximum Gasteiger partial charge on any atom is 0.191 e. The van der Waals surface area contributed by atoms with Crippen LogP contribution in [-0.4, -0.2) is 79.6 Å². The number of halogens is 1. The number of pyridine rings is 1. The summed E-state index contributed by atoms with van der Waals surface area (Å²) >= 11 is 5.26. The van der Waals surface area contributed by atoms with Gasteiger partial charge in [-0.15, -0.1) is 0 Å². The summed E-state index contributed by atoms with van der Waals surface area (Å²) in [7, 11) is 3.74. The zero-order valence-corrected chi connectivity index (χ0v) is 25.1. The summed E-state index contributed by atoms with van der Waals surface area (Å²) < 4.78 is 32.8. The number of hydrogen-bond donors (Lipinski definition) is 2. The largest absolute Gasteiger partial charge is 0.493 e. The van der Waals surface area contributed by atoms with Crippen molar-refractivity contribution in [3.8, 4) is 23.0 Å². The number of rotatable bonds is 11. The van der Waals surface area contributed by atoms with Crippen molar-refractivity contribution in [3.05, 3.63) is 84.3 Å². The van der Waals surface area contributed by atoms with Crippen LogP contribution in [0.15, 0.2) is 78.0 Å².